The first kappa shape index (κ1) is 12.3. The van der Waals surface area contributed by atoms with Crippen molar-refractivity contribution in [2.75, 3.05) is 0 Å². The van der Waals surface area contributed by atoms with Crippen molar-refractivity contribution in [3.63, 3.8) is 0 Å². The molecule has 3 rings (SSSR count). The van der Waals surface area contributed by atoms with Crippen LogP contribution in [-0.2, 0) is 0 Å². The first-order valence-corrected chi connectivity index (χ1v) is 7.30. The summed E-state index contributed by atoms with van der Waals surface area (Å²) in [7, 11) is 0. The second-order valence-electron chi connectivity index (χ2n) is 4.72. The third-order valence-electron chi connectivity index (χ3n) is 3.34. The van der Waals surface area contributed by atoms with Crippen LogP contribution in [0, 0.1) is 12.8 Å². The van der Waals surface area contributed by atoms with Crippen molar-refractivity contribution in [2.24, 2.45) is 11.0 Å². The molecule has 0 radical (unpaired) electrons. The fourth-order valence-corrected chi connectivity index (χ4v) is 3.06. The Labute approximate surface area is 115 Å². The molecule has 0 unspecified atom stereocenters. The molecule has 2 aromatic heterocycles. The van der Waals surface area contributed by atoms with Gasteiger partial charge in [-0.05, 0) is 43.6 Å². The molecule has 5 heteroatoms. The summed E-state index contributed by atoms with van der Waals surface area (Å²) in [6.07, 6.45) is 9.45. The molecular weight excluding hydrogens is 258 g/mol. The van der Waals surface area contributed by atoms with E-state index < -0.39 is 0 Å². The Morgan fingerprint density at radius 2 is 2.42 bits per heavy atom. The number of aromatic nitrogens is 2. The SMILES string of the molecule is Cc1nc2sccc2c(=O)n1/N=C\[C@H]1CC=CCC1. The smallest absolute Gasteiger partial charge is 0.267 e. The molecule has 2 heterocycles. The van der Waals surface area contributed by atoms with Crippen LogP contribution in [0.3, 0.4) is 0 Å². The fourth-order valence-electron chi connectivity index (χ4n) is 2.26. The Kier molecular flexibility index (Phi) is 3.29. The zero-order valence-electron chi connectivity index (χ0n) is 10.7. The molecule has 0 amide bonds. The summed E-state index contributed by atoms with van der Waals surface area (Å²) in [6, 6.07) is 1.81. The van der Waals surface area contributed by atoms with Crippen molar-refractivity contribution in [3.05, 3.63) is 39.8 Å². The number of allylic oxidation sites excluding steroid dienone is 2. The van der Waals surface area contributed by atoms with Gasteiger partial charge in [0.25, 0.3) is 5.56 Å². The number of fused-ring (bicyclic) bond motifs is 1. The standard InChI is InChI=1S/C14H15N3OS/c1-10-16-13-12(7-8-19-13)14(18)17(10)15-9-11-5-3-2-4-6-11/h2-3,7-9,11H,4-6H2,1H3/b15-9-/t11-/m0/s1. The molecule has 0 N–H and O–H groups in total. The van der Waals surface area contributed by atoms with E-state index in [4.69, 9.17) is 0 Å². The van der Waals surface area contributed by atoms with E-state index in [0.717, 1.165) is 24.1 Å². The molecule has 0 fully saturated rings. The monoisotopic (exact) mass is 273 g/mol. The molecule has 0 saturated carbocycles. The fraction of sp³-hybridized carbons (Fsp3) is 0.357. The lowest BCUT2D eigenvalue weighted by Crippen LogP contribution is -2.20. The van der Waals surface area contributed by atoms with Crippen LogP contribution in [0.2, 0.25) is 0 Å². The maximum Gasteiger partial charge on any atom is 0.282 e. The molecule has 98 valence electrons. The van der Waals surface area contributed by atoms with Crippen molar-refractivity contribution >= 4 is 27.8 Å². The molecule has 0 saturated heterocycles. The van der Waals surface area contributed by atoms with Gasteiger partial charge in [0.15, 0.2) is 0 Å². The number of rotatable bonds is 2. The number of hydrogen-bond donors (Lipinski definition) is 0. The summed E-state index contributed by atoms with van der Waals surface area (Å²) < 4.78 is 1.41. The summed E-state index contributed by atoms with van der Waals surface area (Å²) in [5.74, 6) is 1.07. The van der Waals surface area contributed by atoms with Crippen LogP contribution < -0.4 is 5.56 Å². The van der Waals surface area contributed by atoms with Gasteiger partial charge >= 0.3 is 0 Å². The zero-order chi connectivity index (χ0) is 13.2. The molecule has 2 aromatic rings. The largest absolute Gasteiger partial charge is 0.282 e. The van der Waals surface area contributed by atoms with Crippen LogP contribution in [0.1, 0.15) is 25.1 Å². The molecule has 19 heavy (non-hydrogen) atoms. The Morgan fingerprint density at radius 1 is 1.53 bits per heavy atom. The van der Waals surface area contributed by atoms with Gasteiger partial charge in [0.05, 0.1) is 5.39 Å². The van der Waals surface area contributed by atoms with E-state index in [9.17, 15) is 4.79 Å². The molecule has 0 spiro atoms. The lowest BCUT2D eigenvalue weighted by atomic mass is 9.96. The highest BCUT2D eigenvalue weighted by Gasteiger charge is 2.10. The minimum Gasteiger partial charge on any atom is -0.267 e. The average molecular weight is 273 g/mol. The first-order valence-electron chi connectivity index (χ1n) is 6.42. The van der Waals surface area contributed by atoms with Gasteiger partial charge in [0, 0.05) is 6.21 Å². The molecule has 1 atom stereocenters. The van der Waals surface area contributed by atoms with E-state index in [0.29, 0.717) is 17.1 Å². The Balaban J connectivity index is 1.98. The maximum absolute atomic E-state index is 12.3. The van der Waals surface area contributed by atoms with Gasteiger partial charge in [-0.2, -0.15) is 9.78 Å². The molecule has 1 aliphatic rings. The molecule has 4 nitrogen and oxygen atoms in total. The van der Waals surface area contributed by atoms with Crippen LogP contribution in [-0.4, -0.2) is 15.9 Å². The lowest BCUT2D eigenvalue weighted by Gasteiger charge is -2.12. The van der Waals surface area contributed by atoms with Gasteiger partial charge in [-0.25, -0.2) is 4.98 Å². The molecule has 0 aromatic carbocycles. The minimum absolute atomic E-state index is 0.0775. The van der Waals surface area contributed by atoms with E-state index in [1.807, 2.05) is 24.6 Å². The quantitative estimate of drug-likeness (QED) is 0.624. The topological polar surface area (TPSA) is 47.2 Å². The van der Waals surface area contributed by atoms with Crippen LogP contribution in [0.4, 0.5) is 0 Å². The van der Waals surface area contributed by atoms with Gasteiger partial charge in [0.1, 0.15) is 10.7 Å². The maximum atomic E-state index is 12.3. The third kappa shape index (κ3) is 2.38. The first-order chi connectivity index (χ1) is 9.25. The second-order valence-corrected chi connectivity index (χ2v) is 5.62. The summed E-state index contributed by atoms with van der Waals surface area (Å²) in [5.41, 5.74) is -0.0775. The van der Waals surface area contributed by atoms with Crippen LogP contribution in [0.5, 0.6) is 0 Å². The second kappa shape index (κ2) is 5.09. The minimum atomic E-state index is -0.0775. The average Bonchev–Trinajstić information content (AvgIpc) is 2.88. The molecule has 1 aliphatic carbocycles. The summed E-state index contributed by atoms with van der Waals surface area (Å²) in [6.45, 7) is 1.82. The molecule has 0 bridgehead atoms. The number of thiophene rings is 1. The predicted octanol–water partition coefficient (Wildman–Crippen LogP) is 2.96. The van der Waals surface area contributed by atoms with Gasteiger partial charge in [-0.3, -0.25) is 4.79 Å². The van der Waals surface area contributed by atoms with Crippen molar-refractivity contribution in [3.8, 4) is 0 Å². The van der Waals surface area contributed by atoms with E-state index in [1.165, 1.54) is 16.0 Å². The summed E-state index contributed by atoms with van der Waals surface area (Å²) in [5, 5.41) is 6.88. The van der Waals surface area contributed by atoms with Gasteiger partial charge in [0.2, 0.25) is 0 Å². The number of aryl methyl sites for hydroxylation is 1. The Hall–Kier alpha value is -1.75. The molecular formula is C14H15N3OS. The van der Waals surface area contributed by atoms with Crippen LogP contribution >= 0.6 is 11.3 Å². The lowest BCUT2D eigenvalue weighted by molar-refractivity contribution is 0.619. The highest BCUT2D eigenvalue weighted by molar-refractivity contribution is 7.16. The van der Waals surface area contributed by atoms with Crippen molar-refractivity contribution in [1.82, 2.24) is 9.66 Å². The van der Waals surface area contributed by atoms with Crippen molar-refractivity contribution in [2.45, 2.75) is 26.2 Å². The number of nitrogens with zero attached hydrogens (tertiary/aromatic N) is 3. The zero-order valence-corrected chi connectivity index (χ0v) is 11.6. The third-order valence-corrected chi connectivity index (χ3v) is 4.15. The van der Waals surface area contributed by atoms with Gasteiger partial charge in [-0.1, -0.05) is 12.2 Å². The van der Waals surface area contributed by atoms with Gasteiger partial charge < -0.3 is 0 Å². The van der Waals surface area contributed by atoms with E-state index in [-0.39, 0.29) is 5.56 Å². The summed E-state index contributed by atoms with van der Waals surface area (Å²) in [4.78, 5) is 17.5. The van der Waals surface area contributed by atoms with Crippen LogP contribution in [0.25, 0.3) is 10.2 Å². The summed E-state index contributed by atoms with van der Waals surface area (Å²) >= 11 is 1.49. The van der Waals surface area contributed by atoms with E-state index in [2.05, 4.69) is 22.2 Å². The number of hydrogen-bond acceptors (Lipinski definition) is 4. The van der Waals surface area contributed by atoms with Crippen molar-refractivity contribution in [1.29, 1.82) is 0 Å². The van der Waals surface area contributed by atoms with E-state index in [1.54, 1.807) is 0 Å². The Morgan fingerprint density at radius 3 is 3.21 bits per heavy atom. The Bertz CT molecular complexity index is 711. The highest BCUT2D eigenvalue weighted by Crippen LogP contribution is 2.17. The van der Waals surface area contributed by atoms with Gasteiger partial charge in [-0.15, -0.1) is 11.3 Å². The molecule has 0 aliphatic heterocycles. The predicted molar refractivity (Wildman–Crippen MR) is 79.0 cm³/mol. The highest BCUT2D eigenvalue weighted by atomic mass is 32.1. The normalized spacial score (nSPS) is 19.5. The van der Waals surface area contributed by atoms with Crippen molar-refractivity contribution < 1.29 is 0 Å². The van der Waals surface area contributed by atoms with Crippen LogP contribution in [0.15, 0.2) is 33.5 Å². The van der Waals surface area contributed by atoms with E-state index >= 15 is 0 Å².